The molecule has 1 aliphatic heterocycles. The Bertz CT molecular complexity index is 1410. The Labute approximate surface area is 219 Å². The minimum Gasteiger partial charge on any atom is -0.339 e. The number of benzene rings is 3. The molecule has 1 aromatic heterocycles. The van der Waals surface area contributed by atoms with Gasteiger partial charge in [-0.15, -0.1) is 0 Å². The predicted molar refractivity (Wildman–Crippen MR) is 148 cm³/mol. The van der Waals surface area contributed by atoms with Gasteiger partial charge >= 0.3 is 0 Å². The summed E-state index contributed by atoms with van der Waals surface area (Å²) in [6.45, 7) is 3.63. The Balaban J connectivity index is 1.41. The Morgan fingerprint density at radius 2 is 1.56 bits per heavy atom. The topological polar surface area (TPSA) is 62.3 Å². The highest BCUT2D eigenvalue weighted by molar-refractivity contribution is 9.10. The molecule has 1 fully saturated rings. The van der Waals surface area contributed by atoms with E-state index < -0.39 is 0 Å². The van der Waals surface area contributed by atoms with Crippen LogP contribution in [0.1, 0.15) is 52.0 Å². The van der Waals surface area contributed by atoms with Gasteiger partial charge < -0.3 is 10.2 Å². The van der Waals surface area contributed by atoms with Crippen molar-refractivity contribution < 1.29 is 9.59 Å². The number of amides is 2. The largest absolute Gasteiger partial charge is 0.339 e. The van der Waals surface area contributed by atoms with Gasteiger partial charge in [-0.1, -0.05) is 52.5 Å². The van der Waals surface area contributed by atoms with E-state index in [1.54, 1.807) is 24.3 Å². The maximum Gasteiger partial charge on any atom is 0.256 e. The maximum absolute atomic E-state index is 13.5. The number of rotatable bonds is 4. The lowest BCUT2D eigenvalue weighted by atomic mass is 10.0. The molecular formula is C30H28BrN3O2. The van der Waals surface area contributed by atoms with E-state index in [2.05, 4.69) is 21.2 Å². The van der Waals surface area contributed by atoms with Crippen LogP contribution in [0, 0.1) is 6.92 Å². The number of nitrogens with zero attached hydrogens (tertiary/aromatic N) is 2. The quantitative estimate of drug-likeness (QED) is 0.296. The zero-order valence-corrected chi connectivity index (χ0v) is 21.8. The Hall–Kier alpha value is -3.51. The number of likely N-dealkylation sites (tertiary alicyclic amines) is 1. The number of hydrogen-bond donors (Lipinski definition) is 1. The molecule has 36 heavy (non-hydrogen) atoms. The number of anilines is 1. The maximum atomic E-state index is 13.5. The monoisotopic (exact) mass is 541 g/mol. The molecule has 0 spiro atoms. The lowest BCUT2D eigenvalue weighted by Crippen LogP contribution is -2.31. The van der Waals surface area contributed by atoms with Gasteiger partial charge in [-0.3, -0.25) is 9.59 Å². The minimum atomic E-state index is -0.210. The number of halogens is 1. The third-order valence-corrected chi connectivity index (χ3v) is 7.16. The highest BCUT2D eigenvalue weighted by Gasteiger charge is 2.18. The molecule has 0 atom stereocenters. The fourth-order valence-electron chi connectivity index (χ4n) is 4.65. The predicted octanol–water partition coefficient (Wildman–Crippen LogP) is 7.24. The summed E-state index contributed by atoms with van der Waals surface area (Å²) in [6, 6.07) is 22.9. The number of hydrogen-bond acceptors (Lipinski definition) is 3. The van der Waals surface area contributed by atoms with Gasteiger partial charge in [-0.25, -0.2) is 4.98 Å². The second kappa shape index (κ2) is 10.6. The van der Waals surface area contributed by atoms with Gasteiger partial charge in [-0.05, 0) is 74.4 Å². The van der Waals surface area contributed by atoms with Crippen LogP contribution in [-0.2, 0) is 0 Å². The van der Waals surface area contributed by atoms with E-state index in [0.29, 0.717) is 16.8 Å². The van der Waals surface area contributed by atoms with Crippen LogP contribution < -0.4 is 5.32 Å². The van der Waals surface area contributed by atoms with Crippen molar-refractivity contribution >= 4 is 44.3 Å². The van der Waals surface area contributed by atoms with Crippen LogP contribution in [0.25, 0.3) is 22.2 Å². The van der Waals surface area contributed by atoms with Crippen molar-refractivity contribution in [2.75, 3.05) is 18.4 Å². The Kier molecular flexibility index (Phi) is 7.14. The molecule has 3 aromatic carbocycles. The lowest BCUT2D eigenvalue weighted by Gasteiger charge is -2.20. The van der Waals surface area contributed by atoms with Crippen molar-refractivity contribution in [2.45, 2.75) is 32.6 Å². The van der Waals surface area contributed by atoms with Gasteiger partial charge in [0, 0.05) is 39.8 Å². The molecule has 1 N–H and O–H groups in total. The lowest BCUT2D eigenvalue weighted by molar-refractivity contribution is 0.0761. The molecule has 0 unspecified atom stereocenters. The van der Waals surface area contributed by atoms with E-state index in [4.69, 9.17) is 4.98 Å². The van der Waals surface area contributed by atoms with Crippen LogP contribution in [0.2, 0.25) is 0 Å². The van der Waals surface area contributed by atoms with Gasteiger partial charge in [-0.2, -0.15) is 0 Å². The van der Waals surface area contributed by atoms with Gasteiger partial charge in [0.15, 0.2) is 0 Å². The standard InChI is InChI=1S/C30H28BrN3O2/c1-20-6-15-27-25(18-20)26(19-28(33-27)21-7-11-23(31)12-8-21)29(35)32-24-13-9-22(10-14-24)30(36)34-16-4-2-3-5-17-34/h6-15,18-19H,2-5,16-17H2,1H3,(H,32,35). The average molecular weight is 542 g/mol. The fourth-order valence-corrected chi connectivity index (χ4v) is 4.91. The van der Waals surface area contributed by atoms with E-state index in [1.807, 2.05) is 60.4 Å². The smallest absolute Gasteiger partial charge is 0.256 e. The van der Waals surface area contributed by atoms with Crippen molar-refractivity contribution in [1.29, 1.82) is 0 Å². The van der Waals surface area contributed by atoms with Crippen molar-refractivity contribution in [3.8, 4) is 11.3 Å². The van der Waals surface area contributed by atoms with Crippen LogP contribution in [0.3, 0.4) is 0 Å². The molecule has 0 aliphatic carbocycles. The summed E-state index contributed by atoms with van der Waals surface area (Å²) in [7, 11) is 0. The second-order valence-electron chi connectivity index (χ2n) is 9.32. The molecule has 1 saturated heterocycles. The van der Waals surface area contributed by atoms with Crippen molar-refractivity contribution in [3.05, 3.63) is 94.0 Å². The van der Waals surface area contributed by atoms with Crippen molar-refractivity contribution in [1.82, 2.24) is 9.88 Å². The number of aromatic nitrogens is 1. The first-order valence-corrected chi connectivity index (χ1v) is 13.2. The third-order valence-electron chi connectivity index (χ3n) is 6.63. The van der Waals surface area contributed by atoms with Crippen LogP contribution >= 0.6 is 15.9 Å². The summed E-state index contributed by atoms with van der Waals surface area (Å²) in [4.78, 5) is 33.1. The van der Waals surface area contributed by atoms with Gasteiger partial charge in [0.05, 0.1) is 16.8 Å². The number of pyridine rings is 1. The molecule has 2 heterocycles. The fraction of sp³-hybridized carbons (Fsp3) is 0.233. The van der Waals surface area contributed by atoms with Gasteiger partial charge in [0.2, 0.25) is 0 Å². The van der Waals surface area contributed by atoms with Crippen molar-refractivity contribution in [3.63, 3.8) is 0 Å². The molecule has 0 saturated carbocycles. The number of fused-ring (bicyclic) bond motifs is 1. The Morgan fingerprint density at radius 3 is 2.25 bits per heavy atom. The Morgan fingerprint density at radius 1 is 0.861 bits per heavy atom. The first kappa shape index (κ1) is 24.2. The number of aryl methyl sites for hydroxylation is 1. The number of carbonyl (C=O) groups is 2. The zero-order valence-electron chi connectivity index (χ0n) is 20.3. The van der Waals surface area contributed by atoms with E-state index in [0.717, 1.165) is 58.1 Å². The molecule has 2 amide bonds. The van der Waals surface area contributed by atoms with Crippen LogP contribution in [0.15, 0.2) is 77.3 Å². The average Bonchev–Trinajstić information content (AvgIpc) is 3.18. The van der Waals surface area contributed by atoms with Crippen LogP contribution in [0.4, 0.5) is 5.69 Å². The summed E-state index contributed by atoms with van der Waals surface area (Å²) in [6.07, 6.45) is 4.48. The van der Waals surface area contributed by atoms with E-state index in [1.165, 1.54) is 12.8 Å². The molecule has 5 rings (SSSR count). The highest BCUT2D eigenvalue weighted by Crippen LogP contribution is 2.27. The second-order valence-corrected chi connectivity index (χ2v) is 10.2. The normalized spacial score (nSPS) is 13.9. The molecular weight excluding hydrogens is 514 g/mol. The summed E-state index contributed by atoms with van der Waals surface area (Å²) >= 11 is 3.47. The van der Waals surface area contributed by atoms with Crippen molar-refractivity contribution in [2.24, 2.45) is 0 Å². The third kappa shape index (κ3) is 5.34. The van der Waals surface area contributed by atoms with E-state index in [-0.39, 0.29) is 11.8 Å². The molecule has 4 aromatic rings. The summed E-state index contributed by atoms with van der Waals surface area (Å²) in [5, 5.41) is 3.82. The molecule has 182 valence electrons. The number of carbonyl (C=O) groups excluding carboxylic acids is 2. The minimum absolute atomic E-state index is 0.0597. The molecule has 6 heteroatoms. The van der Waals surface area contributed by atoms with Crippen LogP contribution in [-0.4, -0.2) is 34.8 Å². The zero-order chi connectivity index (χ0) is 25.1. The van der Waals surface area contributed by atoms with E-state index >= 15 is 0 Å². The van der Waals surface area contributed by atoms with Crippen LogP contribution in [0.5, 0.6) is 0 Å². The van der Waals surface area contributed by atoms with E-state index in [9.17, 15) is 9.59 Å². The number of nitrogens with one attached hydrogen (secondary N) is 1. The SMILES string of the molecule is Cc1ccc2nc(-c3ccc(Br)cc3)cc(C(=O)Nc3ccc(C(=O)N4CCCCCC4)cc3)c2c1. The van der Waals surface area contributed by atoms with Gasteiger partial charge in [0.25, 0.3) is 11.8 Å². The summed E-state index contributed by atoms with van der Waals surface area (Å²) < 4.78 is 0.985. The summed E-state index contributed by atoms with van der Waals surface area (Å²) in [5.74, 6) is -0.150. The molecule has 5 nitrogen and oxygen atoms in total. The molecule has 0 bridgehead atoms. The molecule has 1 aliphatic rings. The van der Waals surface area contributed by atoms with Gasteiger partial charge in [0.1, 0.15) is 0 Å². The first-order valence-electron chi connectivity index (χ1n) is 12.4. The highest BCUT2D eigenvalue weighted by atomic mass is 79.9. The summed E-state index contributed by atoms with van der Waals surface area (Å²) in [5.41, 5.74) is 5.36. The molecule has 0 radical (unpaired) electrons. The first-order chi connectivity index (χ1) is 17.5.